The van der Waals surface area contributed by atoms with Crippen LogP contribution in [0.1, 0.15) is 5.69 Å². The highest BCUT2D eigenvalue weighted by atomic mass is 35.5. The minimum Gasteiger partial charge on any atom is -0.324 e. The molecular weight excluding hydrogens is 374 g/mol. The monoisotopic (exact) mass is 381 g/mol. The van der Waals surface area contributed by atoms with Crippen LogP contribution < -0.4 is 5.32 Å². The zero-order chi connectivity index (χ0) is 17.0. The van der Waals surface area contributed by atoms with Crippen molar-refractivity contribution in [2.75, 3.05) is 11.1 Å². The average molecular weight is 382 g/mol. The smallest absolute Gasteiger partial charge is 0.324 e. The average Bonchev–Trinajstić information content (AvgIpc) is 2.47. The molecule has 23 heavy (non-hydrogen) atoms. The van der Waals surface area contributed by atoms with Crippen molar-refractivity contribution in [1.82, 2.24) is 9.97 Å². The maximum atomic E-state index is 12.5. The molecule has 2 rings (SSSR count). The summed E-state index contributed by atoms with van der Waals surface area (Å²) in [5.41, 5.74) is -0.706. The summed E-state index contributed by atoms with van der Waals surface area (Å²) < 4.78 is 37.6. The van der Waals surface area contributed by atoms with Crippen LogP contribution in [0.2, 0.25) is 10.0 Å². The number of carbonyl (C=O) groups excluding carboxylic acids is 1. The molecule has 0 fully saturated rings. The van der Waals surface area contributed by atoms with Crippen LogP contribution in [0, 0.1) is 0 Å². The molecule has 0 unspecified atom stereocenters. The number of anilines is 1. The number of hydrogen-bond acceptors (Lipinski definition) is 4. The first-order chi connectivity index (χ1) is 10.8. The Morgan fingerprint density at radius 1 is 1.26 bits per heavy atom. The second kappa shape index (κ2) is 7.37. The number of aromatic nitrogens is 2. The fourth-order valence-electron chi connectivity index (χ4n) is 1.48. The molecule has 0 aliphatic rings. The van der Waals surface area contributed by atoms with Gasteiger partial charge >= 0.3 is 6.18 Å². The number of alkyl halides is 3. The van der Waals surface area contributed by atoms with Crippen LogP contribution >= 0.6 is 35.0 Å². The molecule has 0 aliphatic heterocycles. The van der Waals surface area contributed by atoms with Crippen LogP contribution in [0.4, 0.5) is 18.9 Å². The summed E-state index contributed by atoms with van der Waals surface area (Å²) in [6.45, 7) is 0. The van der Waals surface area contributed by atoms with Gasteiger partial charge in [-0.15, -0.1) is 0 Å². The van der Waals surface area contributed by atoms with Crippen molar-refractivity contribution in [3.63, 3.8) is 0 Å². The van der Waals surface area contributed by atoms with Gasteiger partial charge in [0, 0.05) is 11.2 Å². The highest BCUT2D eigenvalue weighted by molar-refractivity contribution is 7.99. The number of nitrogens with zero attached hydrogens (tertiary/aromatic N) is 2. The zero-order valence-corrected chi connectivity index (χ0v) is 13.5. The number of hydrogen-bond donors (Lipinski definition) is 1. The SMILES string of the molecule is O=C(CSc1nccc(C(F)(F)F)n1)Nc1ccc(Cl)cc1Cl. The minimum atomic E-state index is -4.56. The van der Waals surface area contributed by atoms with Gasteiger partial charge in [-0.05, 0) is 24.3 Å². The Morgan fingerprint density at radius 2 is 2.00 bits per heavy atom. The van der Waals surface area contributed by atoms with E-state index in [2.05, 4.69) is 15.3 Å². The molecule has 1 heterocycles. The van der Waals surface area contributed by atoms with Crippen LogP contribution in [0.3, 0.4) is 0 Å². The zero-order valence-electron chi connectivity index (χ0n) is 11.2. The second-order valence-corrected chi connectivity index (χ2v) is 5.97. The Kier molecular flexibility index (Phi) is 5.72. The number of amides is 1. The summed E-state index contributed by atoms with van der Waals surface area (Å²) in [5, 5.41) is 3.06. The number of rotatable bonds is 4. The number of nitrogens with one attached hydrogen (secondary N) is 1. The maximum Gasteiger partial charge on any atom is 0.433 e. The molecular formula is C13H8Cl2F3N3OS. The van der Waals surface area contributed by atoms with Gasteiger partial charge < -0.3 is 5.32 Å². The van der Waals surface area contributed by atoms with Gasteiger partial charge in [-0.25, -0.2) is 9.97 Å². The van der Waals surface area contributed by atoms with E-state index in [1.807, 2.05) is 0 Å². The third-order valence-electron chi connectivity index (χ3n) is 2.46. The molecule has 0 radical (unpaired) electrons. The summed E-state index contributed by atoms with van der Waals surface area (Å²) in [6, 6.07) is 5.29. The highest BCUT2D eigenvalue weighted by Gasteiger charge is 2.32. The molecule has 1 aromatic carbocycles. The molecule has 4 nitrogen and oxygen atoms in total. The lowest BCUT2D eigenvalue weighted by molar-refractivity contribution is -0.141. The van der Waals surface area contributed by atoms with Gasteiger partial charge in [-0.1, -0.05) is 35.0 Å². The summed E-state index contributed by atoms with van der Waals surface area (Å²) in [4.78, 5) is 18.8. The van der Waals surface area contributed by atoms with Gasteiger partial charge in [0.2, 0.25) is 5.91 Å². The minimum absolute atomic E-state index is 0.142. The van der Waals surface area contributed by atoms with Crippen LogP contribution in [0.5, 0.6) is 0 Å². The molecule has 122 valence electrons. The highest BCUT2D eigenvalue weighted by Crippen LogP contribution is 2.29. The third kappa shape index (κ3) is 5.26. The van der Waals surface area contributed by atoms with Gasteiger partial charge in [0.05, 0.1) is 16.5 Å². The van der Waals surface area contributed by atoms with Gasteiger partial charge in [-0.3, -0.25) is 4.79 Å². The van der Waals surface area contributed by atoms with E-state index in [0.717, 1.165) is 24.0 Å². The molecule has 0 aliphatic carbocycles. The lowest BCUT2D eigenvalue weighted by atomic mass is 10.3. The Morgan fingerprint density at radius 3 is 2.65 bits per heavy atom. The van der Waals surface area contributed by atoms with E-state index in [9.17, 15) is 18.0 Å². The number of benzene rings is 1. The van der Waals surface area contributed by atoms with Crippen molar-refractivity contribution >= 4 is 46.6 Å². The molecule has 2 aromatic rings. The molecule has 1 amide bonds. The Balaban J connectivity index is 1.97. The van der Waals surface area contributed by atoms with E-state index in [4.69, 9.17) is 23.2 Å². The molecule has 0 atom stereocenters. The van der Waals surface area contributed by atoms with Gasteiger partial charge in [0.1, 0.15) is 5.69 Å². The van der Waals surface area contributed by atoms with Crippen LogP contribution in [-0.4, -0.2) is 21.6 Å². The Labute approximate surface area is 143 Å². The van der Waals surface area contributed by atoms with Crippen molar-refractivity contribution < 1.29 is 18.0 Å². The van der Waals surface area contributed by atoms with Crippen LogP contribution in [-0.2, 0) is 11.0 Å². The van der Waals surface area contributed by atoms with E-state index in [-0.39, 0.29) is 15.9 Å². The quantitative estimate of drug-likeness (QED) is 0.624. The summed E-state index contributed by atoms with van der Waals surface area (Å²) in [6.07, 6.45) is -3.57. The molecule has 0 saturated heterocycles. The number of halogens is 5. The van der Waals surface area contributed by atoms with Crippen LogP contribution in [0.25, 0.3) is 0 Å². The molecule has 10 heteroatoms. The predicted molar refractivity (Wildman–Crippen MR) is 82.8 cm³/mol. The first-order valence-electron chi connectivity index (χ1n) is 6.03. The number of carbonyl (C=O) groups is 1. The fourth-order valence-corrected chi connectivity index (χ4v) is 2.56. The van der Waals surface area contributed by atoms with Crippen molar-refractivity contribution in [1.29, 1.82) is 0 Å². The first kappa shape index (κ1) is 17.8. The third-order valence-corrected chi connectivity index (χ3v) is 3.87. The largest absolute Gasteiger partial charge is 0.433 e. The van der Waals surface area contributed by atoms with Crippen molar-refractivity contribution in [3.8, 4) is 0 Å². The summed E-state index contributed by atoms with van der Waals surface area (Å²) in [5.74, 6) is -0.625. The summed E-state index contributed by atoms with van der Waals surface area (Å²) in [7, 11) is 0. The van der Waals surface area contributed by atoms with E-state index in [1.165, 1.54) is 12.1 Å². The van der Waals surface area contributed by atoms with Crippen molar-refractivity contribution in [3.05, 3.63) is 46.2 Å². The molecule has 1 N–H and O–H groups in total. The van der Waals surface area contributed by atoms with Crippen molar-refractivity contribution in [2.24, 2.45) is 0 Å². The predicted octanol–water partition coefficient (Wildman–Crippen LogP) is 4.53. The van der Waals surface area contributed by atoms with Gasteiger partial charge in [-0.2, -0.15) is 13.2 Å². The van der Waals surface area contributed by atoms with E-state index in [0.29, 0.717) is 10.7 Å². The van der Waals surface area contributed by atoms with E-state index < -0.39 is 17.8 Å². The second-order valence-electron chi connectivity index (χ2n) is 4.18. The van der Waals surface area contributed by atoms with Crippen LogP contribution in [0.15, 0.2) is 35.6 Å². The molecule has 1 aromatic heterocycles. The molecule has 0 spiro atoms. The number of thioether (sulfide) groups is 1. The maximum absolute atomic E-state index is 12.5. The lowest BCUT2D eigenvalue weighted by Crippen LogP contribution is -2.15. The summed E-state index contributed by atoms with van der Waals surface area (Å²) >= 11 is 12.4. The fraction of sp³-hybridized carbons (Fsp3) is 0.154. The molecule has 0 bridgehead atoms. The normalized spacial score (nSPS) is 11.3. The Hall–Kier alpha value is -1.51. The first-order valence-corrected chi connectivity index (χ1v) is 7.78. The Bertz CT molecular complexity index is 728. The van der Waals surface area contributed by atoms with Gasteiger partial charge in [0.15, 0.2) is 5.16 Å². The van der Waals surface area contributed by atoms with Crippen molar-refractivity contribution in [2.45, 2.75) is 11.3 Å². The lowest BCUT2D eigenvalue weighted by Gasteiger charge is -2.08. The van der Waals surface area contributed by atoms with E-state index >= 15 is 0 Å². The standard InChI is InChI=1S/C13H8Cl2F3N3OS/c14-7-1-2-9(8(15)5-7)20-11(22)6-23-12-19-4-3-10(21-12)13(16,17)18/h1-5H,6H2,(H,20,22). The molecule has 0 saturated carbocycles. The topological polar surface area (TPSA) is 54.9 Å². The van der Waals surface area contributed by atoms with E-state index in [1.54, 1.807) is 6.07 Å². The van der Waals surface area contributed by atoms with Gasteiger partial charge in [0.25, 0.3) is 0 Å².